The molecule has 0 saturated carbocycles. The summed E-state index contributed by atoms with van der Waals surface area (Å²) in [4.78, 5) is 0. The molecule has 1 aliphatic rings. The molecule has 0 aromatic heterocycles. The van der Waals surface area contributed by atoms with Crippen molar-refractivity contribution in [1.29, 1.82) is 0 Å². The number of fused-ring (bicyclic) bond motifs is 1. The van der Waals surface area contributed by atoms with Gasteiger partial charge in [-0.25, -0.2) is 0 Å². The van der Waals surface area contributed by atoms with Gasteiger partial charge in [-0.05, 0) is 29.9 Å². The Balaban J connectivity index is 2.39. The Kier molecular flexibility index (Phi) is 2.57. The van der Waals surface area contributed by atoms with E-state index in [2.05, 4.69) is 13.8 Å². The molecule has 2 rings (SSSR count). The van der Waals surface area contributed by atoms with Crippen molar-refractivity contribution in [2.24, 2.45) is 11.7 Å². The number of hydrogen-bond donors (Lipinski definition) is 2. The SMILES string of the molecule is CC(C)CC1(O)CC(N)c2ccccc21. The highest BCUT2D eigenvalue weighted by Crippen LogP contribution is 2.45. The minimum absolute atomic E-state index is 0.00931. The van der Waals surface area contributed by atoms with Gasteiger partial charge in [-0.15, -0.1) is 0 Å². The molecule has 0 spiro atoms. The third-order valence-corrected chi connectivity index (χ3v) is 3.17. The Morgan fingerprint density at radius 2 is 2.13 bits per heavy atom. The zero-order valence-electron chi connectivity index (χ0n) is 9.40. The van der Waals surface area contributed by atoms with Gasteiger partial charge in [0.15, 0.2) is 0 Å². The van der Waals surface area contributed by atoms with Crippen molar-refractivity contribution >= 4 is 0 Å². The van der Waals surface area contributed by atoms with Gasteiger partial charge in [-0.1, -0.05) is 38.1 Å². The summed E-state index contributed by atoms with van der Waals surface area (Å²) < 4.78 is 0. The molecule has 0 fully saturated rings. The average molecular weight is 205 g/mol. The van der Waals surface area contributed by atoms with Gasteiger partial charge in [-0.2, -0.15) is 0 Å². The summed E-state index contributed by atoms with van der Waals surface area (Å²) in [5.41, 5.74) is 7.48. The number of benzene rings is 1. The van der Waals surface area contributed by atoms with E-state index in [1.54, 1.807) is 0 Å². The van der Waals surface area contributed by atoms with Crippen LogP contribution in [0.25, 0.3) is 0 Å². The van der Waals surface area contributed by atoms with Crippen molar-refractivity contribution in [3.63, 3.8) is 0 Å². The van der Waals surface area contributed by atoms with E-state index in [1.807, 2.05) is 24.3 Å². The Morgan fingerprint density at radius 3 is 2.80 bits per heavy atom. The lowest BCUT2D eigenvalue weighted by atomic mass is 9.87. The molecule has 0 amide bonds. The van der Waals surface area contributed by atoms with Crippen LogP contribution in [0.2, 0.25) is 0 Å². The fraction of sp³-hybridized carbons (Fsp3) is 0.538. The average Bonchev–Trinajstić information content (AvgIpc) is 2.39. The smallest absolute Gasteiger partial charge is 0.0920 e. The standard InChI is InChI=1S/C13H19NO/c1-9(2)7-13(15)8-12(14)10-5-3-4-6-11(10)13/h3-6,9,12,15H,7-8,14H2,1-2H3. The zero-order chi connectivity index (χ0) is 11.1. The third kappa shape index (κ3) is 1.80. The topological polar surface area (TPSA) is 46.2 Å². The summed E-state index contributed by atoms with van der Waals surface area (Å²) >= 11 is 0. The number of rotatable bonds is 2. The van der Waals surface area contributed by atoms with Crippen LogP contribution in [-0.2, 0) is 5.60 Å². The van der Waals surface area contributed by atoms with Crippen LogP contribution in [0.4, 0.5) is 0 Å². The highest BCUT2D eigenvalue weighted by atomic mass is 16.3. The maximum atomic E-state index is 10.6. The van der Waals surface area contributed by atoms with Crippen molar-refractivity contribution < 1.29 is 5.11 Å². The van der Waals surface area contributed by atoms with E-state index in [0.29, 0.717) is 12.3 Å². The summed E-state index contributed by atoms with van der Waals surface area (Å²) in [7, 11) is 0. The first kappa shape index (κ1) is 10.7. The first-order valence-electron chi connectivity index (χ1n) is 5.60. The van der Waals surface area contributed by atoms with Crippen LogP contribution in [-0.4, -0.2) is 5.11 Å². The van der Waals surface area contributed by atoms with E-state index in [-0.39, 0.29) is 6.04 Å². The highest BCUT2D eigenvalue weighted by molar-refractivity contribution is 5.39. The predicted octanol–water partition coefficient (Wildman–Crippen LogP) is 2.32. The third-order valence-electron chi connectivity index (χ3n) is 3.17. The second kappa shape index (κ2) is 3.62. The molecule has 2 heteroatoms. The Morgan fingerprint density at radius 1 is 1.47 bits per heavy atom. The molecule has 1 aromatic rings. The number of hydrogen-bond acceptors (Lipinski definition) is 2. The quantitative estimate of drug-likeness (QED) is 0.778. The van der Waals surface area contributed by atoms with E-state index < -0.39 is 5.60 Å². The lowest BCUT2D eigenvalue weighted by Crippen LogP contribution is -2.25. The van der Waals surface area contributed by atoms with Crippen LogP contribution in [0.15, 0.2) is 24.3 Å². The van der Waals surface area contributed by atoms with Gasteiger partial charge >= 0.3 is 0 Å². The van der Waals surface area contributed by atoms with Gasteiger partial charge in [0, 0.05) is 6.04 Å². The van der Waals surface area contributed by atoms with Gasteiger partial charge in [0.05, 0.1) is 5.60 Å². The largest absolute Gasteiger partial charge is 0.385 e. The highest BCUT2D eigenvalue weighted by Gasteiger charge is 2.40. The van der Waals surface area contributed by atoms with E-state index in [4.69, 9.17) is 5.73 Å². The van der Waals surface area contributed by atoms with E-state index in [0.717, 1.165) is 17.5 Å². The van der Waals surface area contributed by atoms with Crippen LogP contribution in [0, 0.1) is 5.92 Å². The molecule has 0 radical (unpaired) electrons. The van der Waals surface area contributed by atoms with Gasteiger partial charge in [0.25, 0.3) is 0 Å². The van der Waals surface area contributed by atoms with Crippen LogP contribution < -0.4 is 5.73 Å². The molecule has 2 nitrogen and oxygen atoms in total. The van der Waals surface area contributed by atoms with E-state index >= 15 is 0 Å². The van der Waals surface area contributed by atoms with Gasteiger partial charge in [0.2, 0.25) is 0 Å². The summed E-state index contributed by atoms with van der Waals surface area (Å²) in [6.45, 7) is 4.26. The van der Waals surface area contributed by atoms with Crippen molar-refractivity contribution in [3.8, 4) is 0 Å². The Labute approximate surface area is 91.1 Å². The molecular formula is C13H19NO. The van der Waals surface area contributed by atoms with Gasteiger partial charge in [-0.3, -0.25) is 0 Å². The molecule has 0 aliphatic heterocycles. The maximum Gasteiger partial charge on any atom is 0.0920 e. The minimum Gasteiger partial charge on any atom is -0.385 e. The molecule has 1 aromatic carbocycles. The van der Waals surface area contributed by atoms with Gasteiger partial charge in [0.1, 0.15) is 0 Å². The normalized spacial score (nSPS) is 29.5. The van der Waals surface area contributed by atoms with Crippen molar-refractivity contribution in [3.05, 3.63) is 35.4 Å². The molecule has 15 heavy (non-hydrogen) atoms. The van der Waals surface area contributed by atoms with Crippen molar-refractivity contribution in [1.82, 2.24) is 0 Å². The second-order valence-electron chi connectivity index (χ2n) is 5.03. The second-order valence-corrected chi connectivity index (χ2v) is 5.03. The lowest BCUT2D eigenvalue weighted by Gasteiger charge is -2.26. The minimum atomic E-state index is -0.704. The molecule has 0 saturated heterocycles. The van der Waals surface area contributed by atoms with Crippen LogP contribution in [0.5, 0.6) is 0 Å². The van der Waals surface area contributed by atoms with Crippen LogP contribution >= 0.6 is 0 Å². The van der Waals surface area contributed by atoms with E-state index in [9.17, 15) is 5.11 Å². The summed E-state index contributed by atoms with van der Waals surface area (Å²) in [6, 6.07) is 7.98. The van der Waals surface area contributed by atoms with Gasteiger partial charge < -0.3 is 10.8 Å². The molecule has 3 N–H and O–H groups in total. The molecule has 2 atom stereocenters. The molecule has 0 heterocycles. The van der Waals surface area contributed by atoms with Crippen molar-refractivity contribution in [2.45, 2.75) is 38.3 Å². The molecular weight excluding hydrogens is 186 g/mol. The zero-order valence-corrected chi connectivity index (χ0v) is 9.40. The lowest BCUT2D eigenvalue weighted by molar-refractivity contribution is 0.0129. The first-order chi connectivity index (χ1) is 7.03. The number of aliphatic hydroxyl groups is 1. The first-order valence-corrected chi connectivity index (χ1v) is 5.60. The fourth-order valence-corrected chi connectivity index (χ4v) is 2.70. The Bertz CT molecular complexity index is 357. The summed E-state index contributed by atoms with van der Waals surface area (Å²) in [5, 5.41) is 10.6. The summed E-state index contributed by atoms with van der Waals surface area (Å²) in [5.74, 6) is 0.480. The maximum absolute atomic E-state index is 10.6. The molecule has 0 bridgehead atoms. The molecule has 82 valence electrons. The van der Waals surface area contributed by atoms with Crippen LogP contribution in [0.1, 0.15) is 43.9 Å². The fourth-order valence-electron chi connectivity index (χ4n) is 2.70. The summed E-state index contributed by atoms with van der Waals surface area (Å²) in [6.07, 6.45) is 1.45. The van der Waals surface area contributed by atoms with E-state index in [1.165, 1.54) is 0 Å². The van der Waals surface area contributed by atoms with Crippen LogP contribution in [0.3, 0.4) is 0 Å². The number of nitrogens with two attached hydrogens (primary N) is 1. The molecule has 2 unspecified atom stereocenters. The molecule has 1 aliphatic carbocycles. The Hall–Kier alpha value is -0.860. The predicted molar refractivity (Wildman–Crippen MR) is 61.3 cm³/mol. The van der Waals surface area contributed by atoms with Crippen molar-refractivity contribution in [2.75, 3.05) is 0 Å². The monoisotopic (exact) mass is 205 g/mol.